The Morgan fingerprint density at radius 2 is 2.00 bits per heavy atom. The van der Waals surface area contributed by atoms with Gasteiger partial charge in [0.05, 0.1) is 17.8 Å². The van der Waals surface area contributed by atoms with Gasteiger partial charge >= 0.3 is 0 Å². The molecule has 2 aliphatic heterocycles. The molecule has 4 rings (SSSR count). The standard InChI is InChI=1S/C17H17N3O/c21-17-15-9-5-11-20(15)16(14-8-3-4-10-18-14)12-6-1-2-7-13(12)19-17/h1-4,6-8,10,15-16H,5,9,11H2,(H,19,21)/t15-,16?/m0/s1. The maximum Gasteiger partial charge on any atom is 0.241 e. The predicted octanol–water partition coefficient (Wildman–Crippen LogP) is 2.59. The molecule has 21 heavy (non-hydrogen) atoms. The summed E-state index contributed by atoms with van der Waals surface area (Å²) in [5, 5.41) is 3.09. The van der Waals surface area contributed by atoms with Crippen molar-refractivity contribution in [3.8, 4) is 0 Å². The third kappa shape index (κ3) is 2.03. The van der Waals surface area contributed by atoms with Crippen LogP contribution in [0, 0.1) is 0 Å². The molecule has 1 fully saturated rings. The Morgan fingerprint density at radius 1 is 1.14 bits per heavy atom. The van der Waals surface area contributed by atoms with Gasteiger partial charge in [-0.2, -0.15) is 0 Å². The fraction of sp³-hybridized carbons (Fsp3) is 0.294. The highest BCUT2D eigenvalue weighted by molar-refractivity contribution is 5.96. The van der Waals surface area contributed by atoms with Gasteiger partial charge in [0.25, 0.3) is 0 Å². The van der Waals surface area contributed by atoms with E-state index < -0.39 is 0 Å². The zero-order chi connectivity index (χ0) is 14.2. The molecular weight excluding hydrogens is 262 g/mol. The van der Waals surface area contributed by atoms with Crippen molar-refractivity contribution in [2.75, 3.05) is 11.9 Å². The summed E-state index contributed by atoms with van der Waals surface area (Å²) in [5.74, 6) is 0.110. The first-order valence-electron chi connectivity index (χ1n) is 7.41. The van der Waals surface area contributed by atoms with Gasteiger partial charge in [0.2, 0.25) is 5.91 Å². The zero-order valence-corrected chi connectivity index (χ0v) is 11.7. The molecule has 1 saturated heterocycles. The molecule has 106 valence electrons. The number of anilines is 1. The van der Waals surface area contributed by atoms with Crippen LogP contribution < -0.4 is 5.32 Å². The topological polar surface area (TPSA) is 45.2 Å². The fourth-order valence-electron chi connectivity index (χ4n) is 3.49. The summed E-state index contributed by atoms with van der Waals surface area (Å²) in [6.07, 6.45) is 3.80. The van der Waals surface area contributed by atoms with Crippen LogP contribution in [-0.2, 0) is 4.79 Å². The van der Waals surface area contributed by atoms with Crippen LogP contribution in [0.5, 0.6) is 0 Å². The normalized spacial score (nSPS) is 24.9. The Balaban J connectivity index is 1.90. The highest BCUT2D eigenvalue weighted by atomic mass is 16.2. The minimum Gasteiger partial charge on any atom is -0.324 e. The minimum absolute atomic E-state index is 0.0499. The number of aromatic nitrogens is 1. The first kappa shape index (κ1) is 12.5. The lowest BCUT2D eigenvalue weighted by Crippen LogP contribution is -2.39. The summed E-state index contributed by atoms with van der Waals surface area (Å²) >= 11 is 0. The Bertz CT molecular complexity index is 671. The number of fused-ring (bicyclic) bond motifs is 2. The van der Waals surface area contributed by atoms with Gasteiger partial charge in [-0.1, -0.05) is 24.3 Å². The van der Waals surface area contributed by atoms with E-state index in [4.69, 9.17) is 0 Å². The maximum atomic E-state index is 12.5. The lowest BCUT2D eigenvalue weighted by Gasteiger charge is -2.29. The molecule has 0 aliphatic carbocycles. The van der Waals surface area contributed by atoms with Gasteiger partial charge in [0.15, 0.2) is 0 Å². The van der Waals surface area contributed by atoms with E-state index in [-0.39, 0.29) is 18.0 Å². The molecule has 4 nitrogen and oxygen atoms in total. The zero-order valence-electron chi connectivity index (χ0n) is 11.7. The van der Waals surface area contributed by atoms with Gasteiger partial charge in [-0.25, -0.2) is 0 Å². The number of rotatable bonds is 1. The number of benzene rings is 1. The molecule has 1 amide bonds. The molecular formula is C17H17N3O. The summed E-state index contributed by atoms with van der Waals surface area (Å²) in [7, 11) is 0. The molecule has 2 aromatic rings. The van der Waals surface area contributed by atoms with Crippen molar-refractivity contribution in [2.45, 2.75) is 24.9 Å². The molecule has 2 aliphatic rings. The van der Waals surface area contributed by atoms with Crippen LogP contribution in [-0.4, -0.2) is 28.4 Å². The van der Waals surface area contributed by atoms with Gasteiger partial charge in [0.1, 0.15) is 0 Å². The summed E-state index contributed by atoms with van der Waals surface area (Å²) in [5.41, 5.74) is 3.05. The number of hydrogen-bond donors (Lipinski definition) is 1. The number of pyridine rings is 1. The molecule has 1 unspecified atom stereocenters. The van der Waals surface area contributed by atoms with E-state index in [2.05, 4.69) is 21.3 Å². The van der Waals surface area contributed by atoms with Crippen molar-refractivity contribution < 1.29 is 4.79 Å². The third-order valence-electron chi connectivity index (χ3n) is 4.41. The van der Waals surface area contributed by atoms with Gasteiger partial charge in [-0.05, 0) is 36.6 Å². The molecule has 4 heteroatoms. The van der Waals surface area contributed by atoms with Crippen molar-refractivity contribution in [1.29, 1.82) is 0 Å². The second-order valence-electron chi connectivity index (χ2n) is 5.63. The van der Waals surface area contributed by atoms with Crippen molar-refractivity contribution in [3.63, 3.8) is 0 Å². The first-order chi connectivity index (χ1) is 10.3. The molecule has 0 spiro atoms. The van der Waals surface area contributed by atoms with Crippen LogP contribution in [0.2, 0.25) is 0 Å². The Hall–Kier alpha value is -2.20. The summed E-state index contributed by atoms with van der Waals surface area (Å²) in [4.78, 5) is 19.3. The third-order valence-corrected chi connectivity index (χ3v) is 4.41. The van der Waals surface area contributed by atoms with Crippen LogP contribution in [0.15, 0.2) is 48.7 Å². The van der Waals surface area contributed by atoms with Crippen molar-refractivity contribution >= 4 is 11.6 Å². The molecule has 0 bridgehead atoms. The Kier molecular flexibility index (Phi) is 2.97. The first-order valence-corrected chi connectivity index (χ1v) is 7.41. The summed E-state index contributed by atoms with van der Waals surface area (Å²) in [6, 6.07) is 14.0. The lowest BCUT2D eigenvalue weighted by atomic mass is 9.99. The number of carbonyl (C=O) groups excluding carboxylic acids is 1. The SMILES string of the molecule is O=C1Nc2ccccc2C(c2ccccn2)N2CCC[C@@H]12. The van der Waals surface area contributed by atoms with Crippen molar-refractivity contribution in [2.24, 2.45) is 0 Å². The van der Waals surface area contributed by atoms with Crippen LogP contribution in [0.4, 0.5) is 5.69 Å². The molecule has 0 radical (unpaired) electrons. The van der Waals surface area contributed by atoms with Gasteiger partial charge < -0.3 is 5.32 Å². The van der Waals surface area contributed by atoms with Crippen LogP contribution in [0.3, 0.4) is 0 Å². The quantitative estimate of drug-likeness (QED) is 0.872. The van der Waals surface area contributed by atoms with Crippen LogP contribution in [0.25, 0.3) is 0 Å². The van der Waals surface area contributed by atoms with E-state index in [1.807, 2.05) is 42.6 Å². The van der Waals surface area contributed by atoms with Gasteiger partial charge in [-0.15, -0.1) is 0 Å². The van der Waals surface area contributed by atoms with Crippen LogP contribution >= 0.6 is 0 Å². The molecule has 0 saturated carbocycles. The Labute approximate surface area is 123 Å². The molecule has 2 atom stereocenters. The van der Waals surface area contributed by atoms with E-state index in [0.717, 1.165) is 36.3 Å². The highest BCUT2D eigenvalue weighted by Gasteiger charge is 2.40. The highest BCUT2D eigenvalue weighted by Crippen LogP contribution is 2.39. The summed E-state index contributed by atoms with van der Waals surface area (Å²) < 4.78 is 0. The van der Waals surface area contributed by atoms with E-state index in [9.17, 15) is 4.79 Å². The fourth-order valence-corrected chi connectivity index (χ4v) is 3.49. The van der Waals surface area contributed by atoms with Crippen molar-refractivity contribution in [1.82, 2.24) is 9.88 Å². The average molecular weight is 279 g/mol. The predicted molar refractivity (Wildman–Crippen MR) is 80.9 cm³/mol. The number of carbonyl (C=O) groups is 1. The van der Waals surface area contributed by atoms with Crippen molar-refractivity contribution in [3.05, 3.63) is 59.9 Å². The van der Waals surface area contributed by atoms with Gasteiger partial charge in [-0.3, -0.25) is 14.7 Å². The number of hydrogen-bond acceptors (Lipinski definition) is 3. The monoisotopic (exact) mass is 279 g/mol. The van der Waals surface area contributed by atoms with E-state index in [1.165, 1.54) is 0 Å². The average Bonchev–Trinajstić information content (AvgIpc) is 2.96. The van der Waals surface area contributed by atoms with Gasteiger partial charge in [0, 0.05) is 18.4 Å². The largest absolute Gasteiger partial charge is 0.324 e. The number of amides is 1. The molecule has 3 heterocycles. The second kappa shape index (κ2) is 4.97. The molecule has 1 aromatic heterocycles. The number of nitrogens with one attached hydrogen (secondary N) is 1. The molecule has 1 N–H and O–H groups in total. The maximum absolute atomic E-state index is 12.5. The van der Waals surface area contributed by atoms with E-state index in [1.54, 1.807) is 0 Å². The number of para-hydroxylation sites is 1. The lowest BCUT2D eigenvalue weighted by molar-refractivity contribution is -0.120. The second-order valence-corrected chi connectivity index (χ2v) is 5.63. The van der Waals surface area contributed by atoms with E-state index in [0.29, 0.717) is 0 Å². The van der Waals surface area contributed by atoms with Crippen LogP contribution in [0.1, 0.15) is 30.1 Å². The smallest absolute Gasteiger partial charge is 0.241 e. The number of nitrogens with zero attached hydrogens (tertiary/aromatic N) is 2. The van der Waals surface area contributed by atoms with E-state index >= 15 is 0 Å². The minimum atomic E-state index is -0.0515. The molecule has 1 aromatic carbocycles. The Morgan fingerprint density at radius 3 is 2.86 bits per heavy atom. The summed E-state index contributed by atoms with van der Waals surface area (Å²) in [6.45, 7) is 0.938.